The number of aliphatic carboxylic acids is 1. The summed E-state index contributed by atoms with van der Waals surface area (Å²) in [6, 6.07) is -0.285. The smallest absolute Gasteiger partial charge is 0.320 e. The quantitative estimate of drug-likeness (QED) is 0.687. The van der Waals surface area contributed by atoms with Gasteiger partial charge in [-0.2, -0.15) is 0 Å². The maximum Gasteiger partial charge on any atom is 0.320 e. The van der Waals surface area contributed by atoms with Crippen LogP contribution in [0.4, 0.5) is 4.79 Å². The highest BCUT2D eigenvalue weighted by atomic mass is 16.4. The molecule has 21 heavy (non-hydrogen) atoms. The summed E-state index contributed by atoms with van der Waals surface area (Å²) in [6.07, 6.45) is 0.729. The largest absolute Gasteiger partial charge is 0.481 e. The number of β-amino-alcohol motifs (C(OH)–C–C–N with tert-alkyl or cyclic N) is 2. The number of hydrogen-bond donors (Lipinski definition) is 3. The molecule has 2 heterocycles. The number of piperidine rings is 1. The fraction of sp³-hybridized carbons (Fsp3) is 0.857. The van der Waals surface area contributed by atoms with E-state index in [4.69, 9.17) is 0 Å². The van der Waals surface area contributed by atoms with Gasteiger partial charge in [0.25, 0.3) is 0 Å². The Hall–Kier alpha value is -1.34. The fourth-order valence-electron chi connectivity index (χ4n) is 3.38. The molecule has 0 spiro atoms. The van der Waals surface area contributed by atoms with Crippen molar-refractivity contribution in [2.75, 3.05) is 26.2 Å². The second kappa shape index (κ2) is 6.19. The molecule has 0 aromatic carbocycles. The zero-order valence-electron chi connectivity index (χ0n) is 12.4. The predicted molar refractivity (Wildman–Crippen MR) is 74.8 cm³/mol. The number of carbonyl (C=O) groups excluding carboxylic acids is 1. The molecule has 3 atom stereocenters. The Labute approximate surface area is 124 Å². The third kappa shape index (κ3) is 3.13. The van der Waals surface area contributed by atoms with E-state index in [1.165, 1.54) is 4.90 Å². The Morgan fingerprint density at radius 3 is 2.33 bits per heavy atom. The molecule has 0 radical (unpaired) electrons. The lowest BCUT2D eigenvalue weighted by atomic mass is 9.76. The molecule has 0 bridgehead atoms. The molecule has 0 aromatic rings. The summed E-state index contributed by atoms with van der Waals surface area (Å²) in [5.41, 5.74) is -0.861. The van der Waals surface area contributed by atoms with Gasteiger partial charge in [-0.25, -0.2) is 4.79 Å². The number of likely N-dealkylation sites (tertiary alicyclic amines) is 2. The molecule has 2 fully saturated rings. The average molecular weight is 300 g/mol. The van der Waals surface area contributed by atoms with Crippen LogP contribution in [0.15, 0.2) is 0 Å². The van der Waals surface area contributed by atoms with Crippen LogP contribution < -0.4 is 0 Å². The molecule has 2 aliphatic heterocycles. The van der Waals surface area contributed by atoms with Crippen LogP contribution in [0.3, 0.4) is 0 Å². The molecule has 2 saturated heterocycles. The third-order valence-electron chi connectivity index (χ3n) is 4.56. The maximum atomic E-state index is 12.4. The number of urea groups is 1. The molecular formula is C14H24N2O5. The highest BCUT2D eigenvalue weighted by Crippen LogP contribution is 2.35. The first-order valence-electron chi connectivity index (χ1n) is 7.53. The first-order valence-corrected chi connectivity index (χ1v) is 7.53. The van der Waals surface area contributed by atoms with Crippen molar-refractivity contribution in [3.63, 3.8) is 0 Å². The van der Waals surface area contributed by atoms with E-state index < -0.39 is 23.6 Å². The van der Waals surface area contributed by atoms with E-state index in [9.17, 15) is 24.9 Å². The second-order valence-electron chi connectivity index (χ2n) is 6.18. The first-order chi connectivity index (χ1) is 9.89. The molecule has 2 rings (SSSR count). The topological polar surface area (TPSA) is 101 Å². The molecule has 7 nitrogen and oxygen atoms in total. The van der Waals surface area contributed by atoms with Gasteiger partial charge in [-0.05, 0) is 19.3 Å². The van der Waals surface area contributed by atoms with Crippen molar-refractivity contribution in [1.29, 1.82) is 0 Å². The Bertz CT molecular complexity index is 402. The summed E-state index contributed by atoms with van der Waals surface area (Å²) in [5.74, 6) is -0.844. The van der Waals surface area contributed by atoms with Crippen LogP contribution in [-0.4, -0.2) is 75.5 Å². The number of carboxylic acids is 1. The van der Waals surface area contributed by atoms with Gasteiger partial charge in [0.05, 0.1) is 30.7 Å². The van der Waals surface area contributed by atoms with Crippen molar-refractivity contribution < 1.29 is 24.9 Å². The summed E-state index contributed by atoms with van der Waals surface area (Å²) in [6.45, 7) is 2.88. The SMILES string of the molecule is CCCC1(C(=O)O)CCCN(C(=O)N2CC(O)C(O)C2)C1. The Morgan fingerprint density at radius 2 is 1.81 bits per heavy atom. The maximum absolute atomic E-state index is 12.4. The highest BCUT2D eigenvalue weighted by molar-refractivity contribution is 5.79. The number of aliphatic hydroxyl groups is 2. The number of rotatable bonds is 3. The van der Waals surface area contributed by atoms with Crippen molar-refractivity contribution in [3.05, 3.63) is 0 Å². The number of carbonyl (C=O) groups is 2. The summed E-state index contributed by atoms with van der Waals surface area (Å²) in [4.78, 5) is 27.0. The normalized spacial score (nSPS) is 33.3. The minimum absolute atomic E-state index is 0.102. The van der Waals surface area contributed by atoms with Crippen molar-refractivity contribution in [3.8, 4) is 0 Å². The van der Waals surface area contributed by atoms with Gasteiger partial charge in [0.1, 0.15) is 0 Å². The number of amides is 2. The lowest BCUT2D eigenvalue weighted by Crippen LogP contribution is -2.53. The molecule has 7 heteroatoms. The van der Waals surface area contributed by atoms with E-state index >= 15 is 0 Å². The zero-order chi connectivity index (χ0) is 15.6. The summed E-state index contributed by atoms with van der Waals surface area (Å²) in [5, 5.41) is 28.6. The van der Waals surface area contributed by atoms with E-state index in [2.05, 4.69) is 0 Å². The van der Waals surface area contributed by atoms with Crippen LogP contribution in [0.1, 0.15) is 32.6 Å². The molecule has 0 saturated carbocycles. The molecule has 0 aliphatic carbocycles. The molecule has 2 aliphatic rings. The van der Waals surface area contributed by atoms with Gasteiger partial charge >= 0.3 is 12.0 Å². The van der Waals surface area contributed by atoms with Crippen LogP contribution in [-0.2, 0) is 4.79 Å². The average Bonchev–Trinajstić information content (AvgIpc) is 2.78. The van der Waals surface area contributed by atoms with E-state index in [1.807, 2.05) is 6.92 Å². The van der Waals surface area contributed by atoms with E-state index in [0.717, 1.165) is 6.42 Å². The summed E-state index contributed by atoms with van der Waals surface area (Å²) >= 11 is 0. The van der Waals surface area contributed by atoms with E-state index in [0.29, 0.717) is 25.8 Å². The molecular weight excluding hydrogens is 276 g/mol. The van der Waals surface area contributed by atoms with Crippen LogP contribution in [0, 0.1) is 5.41 Å². The second-order valence-corrected chi connectivity index (χ2v) is 6.18. The highest BCUT2D eigenvalue weighted by Gasteiger charge is 2.44. The Balaban J connectivity index is 2.06. The lowest BCUT2D eigenvalue weighted by Gasteiger charge is -2.41. The van der Waals surface area contributed by atoms with Crippen molar-refractivity contribution in [1.82, 2.24) is 9.80 Å². The Morgan fingerprint density at radius 1 is 1.19 bits per heavy atom. The van der Waals surface area contributed by atoms with Gasteiger partial charge in [0.15, 0.2) is 0 Å². The van der Waals surface area contributed by atoms with Gasteiger partial charge in [-0.1, -0.05) is 13.3 Å². The van der Waals surface area contributed by atoms with Crippen LogP contribution >= 0.6 is 0 Å². The van der Waals surface area contributed by atoms with Crippen molar-refractivity contribution >= 4 is 12.0 Å². The Kier molecular flexibility index (Phi) is 4.73. The molecule has 3 unspecified atom stereocenters. The van der Waals surface area contributed by atoms with Crippen LogP contribution in [0.25, 0.3) is 0 Å². The van der Waals surface area contributed by atoms with Gasteiger partial charge in [-0.3, -0.25) is 4.79 Å². The minimum atomic E-state index is -0.918. The van der Waals surface area contributed by atoms with Crippen LogP contribution in [0.2, 0.25) is 0 Å². The van der Waals surface area contributed by atoms with E-state index in [1.54, 1.807) is 4.90 Å². The number of nitrogens with zero attached hydrogens (tertiary/aromatic N) is 2. The fourth-order valence-corrected chi connectivity index (χ4v) is 3.38. The monoisotopic (exact) mass is 300 g/mol. The predicted octanol–water partition coefficient (Wildman–Crippen LogP) is 0.111. The molecule has 3 N–H and O–H groups in total. The summed E-state index contributed by atoms with van der Waals surface area (Å²) in [7, 11) is 0. The number of hydrogen-bond acceptors (Lipinski definition) is 4. The minimum Gasteiger partial charge on any atom is -0.481 e. The van der Waals surface area contributed by atoms with Crippen molar-refractivity contribution in [2.24, 2.45) is 5.41 Å². The molecule has 120 valence electrons. The lowest BCUT2D eigenvalue weighted by molar-refractivity contribution is -0.152. The van der Waals surface area contributed by atoms with Crippen LogP contribution in [0.5, 0.6) is 0 Å². The zero-order valence-corrected chi connectivity index (χ0v) is 12.4. The summed E-state index contributed by atoms with van der Waals surface area (Å²) < 4.78 is 0. The third-order valence-corrected chi connectivity index (χ3v) is 4.56. The van der Waals surface area contributed by atoms with Gasteiger partial charge < -0.3 is 25.1 Å². The first kappa shape index (κ1) is 16.0. The van der Waals surface area contributed by atoms with E-state index in [-0.39, 0.29) is 25.7 Å². The van der Waals surface area contributed by atoms with Crippen molar-refractivity contribution in [2.45, 2.75) is 44.8 Å². The number of carboxylic acid groups (broad SMARTS) is 1. The van der Waals surface area contributed by atoms with Gasteiger partial charge in [0.2, 0.25) is 0 Å². The molecule has 0 aromatic heterocycles. The molecule has 2 amide bonds. The number of aliphatic hydroxyl groups excluding tert-OH is 2. The standard InChI is InChI=1S/C14H24N2O5/c1-2-4-14(12(19)20)5-3-6-15(9-14)13(21)16-7-10(17)11(18)8-16/h10-11,17-18H,2-9H2,1H3,(H,19,20). The van der Waals surface area contributed by atoms with Gasteiger partial charge in [-0.15, -0.1) is 0 Å². The van der Waals surface area contributed by atoms with Gasteiger partial charge in [0, 0.05) is 13.1 Å².